The molecule has 0 fully saturated rings. The average molecular weight is 494 g/mol. The number of sulfonamides is 1. The molecule has 3 heterocycles. The fraction of sp³-hybridized carbons (Fsp3) is 0.150. The van der Waals surface area contributed by atoms with Gasteiger partial charge in [0.2, 0.25) is 0 Å². The van der Waals surface area contributed by atoms with Gasteiger partial charge in [0.1, 0.15) is 21.4 Å². The van der Waals surface area contributed by atoms with Crippen LogP contribution < -0.4 is 14.2 Å². The van der Waals surface area contributed by atoms with E-state index in [1.54, 1.807) is 12.1 Å². The summed E-state index contributed by atoms with van der Waals surface area (Å²) in [5, 5.41) is 0.206. The molecule has 2 amide bonds. The quantitative estimate of drug-likeness (QED) is 0.501. The highest BCUT2D eigenvalue weighted by atomic mass is 35.5. The molecule has 0 spiro atoms. The van der Waals surface area contributed by atoms with Crippen LogP contribution in [0, 0.1) is 0 Å². The summed E-state index contributed by atoms with van der Waals surface area (Å²) in [6, 6.07) is 8.91. The monoisotopic (exact) mass is 493 g/mol. The standard InChI is InChI=1S/C20H16ClN3O6S2/c1-29-15-9-16(30-2)14(8-13(15)21)23-32(27,28)17-6-5-11(31-17)10-24-19(25)12-4-3-7-22-18(12)20(24)26/h3-9,23H,10H2,1-2H3. The SMILES string of the molecule is COc1cc(OC)c(NS(=O)(=O)c2ccc(CN3C(=O)c4cccnc4C3=O)s2)cc1Cl. The highest BCUT2D eigenvalue weighted by Gasteiger charge is 2.37. The van der Waals surface area contributed by atoms with Crippen LogP contribution >= 0.6 is 22.9 Å². The van der Waals surface area contributed by atoms with E-state index >= 15 is 0 Å². The highest BCUT2D eigenvalue weighted by Crippen LogP contribution is 2.37. The van der Waals surface area contributed by atoms with Crippen LogP contribution in [0.25, 0.3) is 0 Å². The Hall–Kier alpha value is -3.15. The van der Waals surface area contributed by atoms with Crippen LogP contribution in [0.1, 0.15) is 25.7 Å². The van der Waals surface area contributed by atoms with Crippen LogP contribution in [0.3, 0.4) is 0 Å². The number of methoxy groups -OCH3 is 2. The lowest BCUT2D eigenvalue weighted by molar-refractivity contribution is 0.0642. The van der Waals surface area contributed by atoms with Crippen LogP contribution in [0.2, 0.25) is 5.02 Å². The van der Waals surface area contributed by atoms with Gasteiger partial charge in [-0.2, -0.15) is 0 Å². The third-order valence-corrected chi connectivity index (χ3v) is 7.89. The summed E-state index contributed by atoms with van der Waals surface area (Å²) in [5.41, 5.74) is 0.457. The molecule has 4 rings (SSSR count). The summed E-state index contributed by atoms with van der Waals surface area (Å²) in [6.45, 7) is -0.0636. The number of hydrogen-bond acceptors (Lipinski definition) is 8. The minimum atomic E-state index is -3.99. The number of nitrogens with zero attached hydrogens (tertiary/aromatic N) is 2. The first-order valence-electron chi connectivity index (χ1n) is 9.09. The number of hydrogen-bond donors (Lipinski definition) is 1. The zero-order chi connectivity index (χ0) is 23.0. The number of carbonyl (C=O) groups excluding carboxylic acids is 2. The van der Waals surface area contributed by atoms with Crippen molar-refractivity contribution >= 4 is 50.5 Å². The maximum atomic E-state index is 12.9. The van der Waals surface area contributed by atoms with Crippen LogP contribution in [0.15, 0.2) is 46.8 Å². The molecule has 0 atom stereocenters. The summed E-state index contributed by atoms with van der Waals surface area (Å²) < 4.78 is 38.6. The van der Waals surface area contributed by atoms with Gasteiger partial charge < -0.3 is 9.47 Å². The number of imide groups is 1. The minimum absolute atomic E-state index is 0.00349. The molecule has 9 nitrogen and oxygen atoms in total. The Bertz CT molecular complexity index is 1300. The minimum Gasteiger partial charge on any atom is -0.495 e. The number of amides is 2. The molecule has 0 aliphatic carbocycles. The third kappa shape index (κ3) is 3.90. The molecule has 0 bridgehead atoms. The zero-order valence-electron chi connectivity index (χ0n) is 16.8. The smallest absolute Gasteiger partial charge is 0.280 e. The van der Waals surface area contributed by atoms with Crippen molar-refractivity contribution in [3.63, 3.8) is 0 Å². The van der Waals surface area contributed by atoms with Crippen molar-refractivity contribution in [3.8, 4) is 11.5 Å². The first-order valence-corrected chi connectivity index (χ1v) is 11.8. The fourth-order valence-electron chi connectivity index (χ4n) is 3.14. The van der Waals surface area contributed by atoms with E-state index in [-0.39, 0.29) is 38.5 Å². The topological polar surface area (TPSA) is 115 Å². The van der Waals surface area contributed by atoms with Crippen molar-refractivity contribution in [3.05, 3.63) is 63.8 Å². The number of anilines is 1. The number of pyridine rings is 1. The summed E-state index contributed by atoms with van der Waals surface area (Å²) >= 11 is 7.05. The first kappa shape index (κ1) is 22.1. The van der Waals surface area contributed by atoms with Gasteiger partial charge in [0.15, 0.2) is 0 Å². The normalized spacial score (nSPS) is 13.3. The molecule has 0 unspecified atom stereocenters. The second-order valence-corrected chi connectivity index (χ2v) is 10.1. The number of thiophene rings is 1. The van der Waals surface area contributed by atoms with Gasteiger partial charge in [-0.15, -0.1) is 11.3 Å². The Kier molecular flexibility index (Phi) is 5.80. The van der Waals surface area contributed by atoms with Crippen LogP contribution in [-0.4, -0.2) is 44.3 Å². The largest absolute Gasteiger partial charge is 0.495 e. The lowest BCUT2D eigenvalue weighted by atomic mass is 10.2. The number of nitrogens with one attached hydrogen (secondary N) is 1. The average Bonchev–Trinajstić information content (AvgIpc) is 3.34. The van der Waals surface area contributed by atoms with Crippen molar-refractivity contribution in [1.82, 2.24) is 9.88 Å². The van der Waals surface area contributed by atoms with E-state index in [1.165, 1.54) is 44.7 Å². The van der Waals surface area contributed by atoms with Crippen molar-refractivity contribution in [2.45, 2.75) is 10.8 Å². The second-order valence-electron chi connectivity index (χ2n) is 6.61. The van der Waals surface area contributed by atoms with Gasteiger partial charge in [0.05, 0.1) is 37.0 Å². The van der Waals surface area contributed by atoms with Gasteiger partial charge in [0, 0.05) is 17.1 Å². The van der Waals surface area contributed by atoms with E-state index in [2.05, 4.69) is 9.71 Å². The molecule has 1 aliphatic heterocycles. The highest BCUT2D eigenvalue weighted by molar-refractivity contribution is 7.94. The molecule has 166 valence electrons. The molecule has 1 aliphatic rings. The number of fused-ring (bicyclic) bond motifs is 1. The van der Waals surface area contributed by atoms with Crippen molar-refractivity contribution in [1.29, 1.82) is 0 Å². The second kappa shape index (κ2) is 8.41. The summed E-state index contributed by atoms with van der Waals surface area (Å²) in [5.74, 6) is -0.420. The van der Waals surface area contributed by atoms with Gasteiger partial charge in [-0.25, -0.2) is 8.42 Å². The molecular formula is C20H16ClN3O6S2. The van der Waals surface area contributed by atoms with Gasteiger partial charge in [-0.3, -0.25) is 24.2 Å². The molecule has 0 saturated carbocycles. The number of ether oxygens (including phenoxy) is 2. The maximum absolute atomic E-state index is 12.9. The van der Waals surface area contributed by atoms with Crippen LogP contribution in [0.5, 0.6) is 11.5 Å². The summed E-state index contributed by atoms with van der Waals surface area (Å²) in [6.07, 6.45) is 1.44. The molecule has 0 saturated heterocycles. The van der Waals surface area contributed by atoms with Crippen molar-refractivity contribution < 1.29 is 27.5 Å². The number of benzene rings is 1. The van der Waals surface area contributed by atoms with Gasteiger partial charge in [0.25, 0.3) is 21.8 Å². The Balaban J connectivity index is 1.56. The number of carbonyl (C=O) groups is 2. The number of halogens is 1. The molecule has 1 aromatic carbocycles. The molecule has 32 heavy (non-hydrogen) atoms. The first-order chi connectivity index (χ1) is 15.2. The van der Waals surface area contributed by atoms with Crippen molar-refractivity contribution in [2.75, 3.05) is 18.9 Å². The summed E-state index contributed by atoms with van der Waals surface area (Å²) in [7, 11) is -1.17. The molecule has 2 aromatic heterocycles. The Morgan fingerprint density at radius 1 is 1.09 bits per heavy atom. The molecule has 0 radical (unpaired) electrons. The van der Waals surface area contributed by atoms with E-state index in [0.29, 0.717) is 10.6 Å². The molecule has 3 aromatic rings. The predicted octanol–water partition coefficient (Wildman–Crippen LogP) is 3.41. The van der Waals surface area contributed by atoms with E-state index < -0.39 is 21.8 Å². The van der Waals surface area contributed by atoms with Gasteiger partial charge in [-0.05, 0) is 30.3 Å². The number of aromatic nitrogens is 1. The van der Waals surface area contributed by atoms with Gasteiger partial charge >= 0.3 is 0 Å². The van der Waals surface area contributed by atoms with Crippen LogP contribution in [0.4, 0.5) is 5.69 Å². The lowest BCUT2D eigenvalue weighted by Gasteiger charge is -2.13. The Morgan fingerprint density at radius 3 is 2.53 bits per heavy atom. The fourth-order valence-corrected chi connectivity index (χ4v) is 5.78. The third-order valence-electron chi connectivity index (χ3n) is 4.67. The molecule has 12 heteroatoms. The number of rotatable bonds is 7. The predicted molar refractivity (Wildman–Crippen MR) is 118 cm³/mol. The van der Waals surface area contributed by atoms with Gasteiger partial charge in [-0.1, -0.05) is 11.6 Å². The van der Waals surface area contributed by atoms with Crippen molar-refractivity contribution in [2.24, 2.45) is 0 Å². The van der Waals surface area contributed by atoms with E-state index in [4.69, 9.17) is 21.1 Å². The Morgan fingerprint density at radius 2 is 1.84 bits per heavy atom. The summed E-state index contributed by atoms with van der Waals surface area (Å²) in [4.78, 5) is 30.5. The molecular weight excluding hydrogens is 478 g/mol. The zero-order valence-corrected chi connectivity index (χ0v) is 19.2. The molecule has 1 N–H and O–H groups in total. The van der Waals surface area contributed by atoms with E-state index in [1.807, 2.05) is 0 Å². The Labute approximate surface area is 192 Å². The maximum Gasteiger partial charge on any atom is 0.280 e. The van der Waals surface area contributed by atoms with E-state index in [0.717, 1.165) is 16.2 Å². The van der Waals surface area contributed by atoms with Crippen LogP contribution in [-0.2, 0) is 16.6 Å². The van der Waals surface area contributed by atoms with E-state index in [9.17, 15) is 18.0 Å². The lowest BCUT2D eigenvalue weighted by Crippen LogP contribution is -2.28.